The molecule has 10 heavy (non-hydrogen) atoms. The maximum Gasteiger partial charge on any atom is 0.0894 e. The molecular formula is C9H17F. The van der Waals surface area contributed by atoms with Crippen molar-refractivity contribution in [2.75, 3.05) is 6.67 Å². The van der Waals surface area contributed by atoms with E-state index in [-0.39, 0.29) is 6.67 Å². The Bertz CT molecular complexity index is 76.8. The molecule has 0 amide bonds. The van der Waals surface area contributed by atoms with Gasteiger partial charge in [-0.1, -0.05) is 38.5 Å². The van der Waals surface area contributed by atoms with Crippen LogP contribution < -0.4 is 0 Å². The summed E-state index contributed by atoms with van der Waals surface area (Å²) in [7, 11) is 0. The minimum absolute atomic E-state index is 0.122. The molecule has 60 valence electrons. The van der Waals surface area contributed by atoms with E-state index < -0.39 is 0 Å². The van der Waals surface area contributed by atoms with Gasteiger partial charge in [-0.2, -0.15) is 0 Å². The quantitative estimate of drug-likeness (QED) is 0.502. The lowest BCUT2D eigenvalue weighted by molar-refractivity contribution is 0.449. The molecule has 1 fully saturated rings. The van der Waals surface area contributed by atoms with Gasteiger partial charge in [0, 0.05) is 0 Å². The second-order valence-corrected chi connectivity index (χ2v) is 3.34. The van der Waals surface area contributed by atoms with Gasteiger partial charge in [0.25, 0.3) is 0 Å². The van der Waals surface area contributed by atoms with Gasteiger partial charge in [-0.25, -0.2) is 0 Å². The highest BCUT2D eigenvalue weighted by Gasteiger charge is 2.19. The molecule has 1 aliphatic rings. The molecule has 1 aliphatic carbocycles. The summed E-state index contributed by atoms with van der Waals surface area (Å²) in [6.45, 7) is -0.122. The average Bonchev–Trinajstić information content (AvgIpc) is 2.71. The molecule has 0 N–H and O–H groups in total. The van der Waals surface area contributed by atoms with Crippen LogP contribution in [0.3, 0.4) is 0 Å². The van der Waals surface area contributed by atoms with Crippen LogP contribution in [-0.2, 0) is 0 Å². The van der Waals surface area contributed by atoms with Gasteiger partial charge in [0.2, 0.25) is 0 Å². The minimum Gasteiger partial charge on any atom is -0.251 e. The van der Waals surface area contributed by atoms with Crippen molar-refractivity contribution in [3.05, 3.63) is 0 Å². The van der Waals surface area contributed by atoms with E-state index in [1.807, 2.05) is 0 Å². The van der Waals surface area contributed by atoms with Crippen LogP contribution in [0.15, 0.2) is 0 Å². The van der Waals surface area contributed by atoms with Gasteiger partial charge in [0.05, 0.1) is 6.67 Å². The molecule has 0 radical (unpaired) electrons. The number of rotatable bonds is 6. The summed E-state index contributed by atoms with van der Waals surface area (Å²) >= 11 is 0. The predicted molar refractivity (Wildman–Crippen MR) is 41.8 cm³/mol. The number of halogens is 1. The lowest BCUT2D eigenvalue weighted by Crippen LogP contribution is -1.81. The normalized spacial score (nSPS) is 17.7. The smallest absolute Gasteiger partial charge is 0.0894 e. The van der Waals surface area contributed by atoms with Crippen LogP contribution in [0.1, 0.15) is 44.9 Å². The van der Waals surface area contributed by atoms with Gasteiger partial charge >= 0.3 is 0 Å². The molecule has 0 aliphatic heterocycles. The molecule has 0 saturated heterocycles. The third-order valence-corrected chi connectivity index (χ3v) is 2.19. The Hall–Kier alpha value is -0.0700. The van der Waals surface area contributed by atoms with E-state index >= 15 is 0 Å². The van der Waals surface area contributed by atoms with E-state index in [2.05, 4.69) is 0 Å². The number of hydrogen-bond acceptors (Lipinski definition) is 0. The summed E-state index contributed by atoms with van der Waals surface area (Å²) in [6.07, 6.45) is 8.80. The molecule has 0 spiro atoms. The van der Waals surface area contributed by atoms with Gasteiger partial charge in [-0.15, -0.1) is 0 Å². The summed E-state index contributed by atoms with van der Waals surface area (Å²) in [6, 6.07) is 0. The topological polar surface area (TPSA) is 0 Å². The maximum absolute atomic E-state index is 11.6. The summed E-state index contributed by atoms with van der Waals surface area (Å²) < 4.78 is 11.6. The van der Waals surface area contributed by atoms with Gasteiger partial charge in [0.15, 0.2) is 0 Å². The van der Waals surface area contributed by atoms with Gasteiger partial charge in [-0.05, 0) is 12.3 Å². The fraction of sp³-hybridized carbons (Fsp3) is 1.00. The van der Waals surface area contributed by atoms with E-state index in [9.17, 15) is 4.39 Å². The fourth-order valence-electron chi connectivity index (χ4n) is 1.29. The average molecular weight is 144 g/mol. The zero-order chi connectivity index (χ0) is 7.23. The van der Waals surface area contributed by atoms with Crippen LogP contribution in [0.5, 0.6) is 0 Å². The monoisotopic (exact) mass is 144 g/mol. The van der Waals surface area contributed by atoms with E-state index in [4.69, 9.17) is 0 Å². The highest BCUT2D eigenvalue weighted by atomic mass is 19.1. The molecule has 1 heteroatoms. The van der Waals surface area contributed by atoms with Gasteiger partial charge < -0.3 is 0 Å². The van der Waals surface area contributed by atoms with Crippen molar-refractivity contribution in [2.24, 2.45) is 5.92 Å². The van der Waals surface area contributed by atoms with Crippen molar-refractivity contribution in [3.8, 4) is 0 Å². The molecule has 1 saturated carbocycles. The first-order chi connectivity index (χ1) is 4.93. The largest absolute Gasteiger partial charge is 0.251 e. The number of alkyl halides is 1. The van der Waals surface area contributed by atoms with Crippen molar-refractivity contribution < 1.29 is 4.39 Å². The van der Waals surface area contributed by atoms with Crippen LogP contribution >= 0.6 is 0 Å². The van der Waals surface area contributed by atoms with E-state index in [0.29, 0.717) is 0 Å². The Kier molecular flexibility index (Phi) is 3.77. The number of hydrogen-bond donors (Lipinski definition) is 0. The van der Waals surface area contributed by atoms with Crippen LogP contribution in [-0.4, -0.2) is 6.67 Å². The molecule has 0 heterocycles. The molecule has 0 atom stereocenters. The van der Waals surface area contributed by atoms with Crippen LogP contribution in [0.25, 0.3) is 0 Å². The number of unbranched alkanes of at least 4 members (excludes halogenated alkanes) is 3. The summed E-state index contributed by atoms with van der Waals surface area (Å²) in [5, 5.41) is 0. The third kappa shape index (κ3) is 3.86. The van der Waals surface area contributed by atoms with Crippen LogP contribution in [0.2, 0.25) is 0 Å². The zero-order valence-corrected chi connectivity index (χ0v) is 6.61. The van der Waals surface area contributed by atoms with Gasteiger partial charge in [0.1, 0.15) is 0 Å². The molecule has 0 nitrogen and oxygen atoms in total. The minimum atomic E-state index is -0.122. The summed E-state index contributed by atoms with van der Waals surface area (Å²) in [5.41, 5.74) is 0. The SMILES string of the molecule is FCCCCCCC1CC1. The highest BCUT2D eigenvalue weighted by molar-refractivity contribution is 4.72. The predicted octanol–water partition coefficient (Wildman–Crippen LogP) is 3.32. The van der Waals surface area contributed by atoms with E-state index in [1.165, 1.54) is 32.1 Å². The first-order valence-corrected chi connectivity index (χ1v) is 4.49. The van der Waals surface area contributed by atoms with Crippen molar-refractivity contribution in [3.63, 3.8) is 0 Å². The lowest BCUT2D eigenvalue weighted by atomic mass is 10.1. The molecule has 0 aromatic carbocycles. The van der Waals surface area contributed by atoms with Crippen molar-refractivity contribution in [2.45, 2.75) is 44.9 Å². The maximum atomic E-state index is 11.6. The Morgan fingerprint density at radius 1 is 1.00 bits per heavy atom. The third-order valence-electron chi connectivity index (χ3n) is 2.19. The first-order valence-electron chi connectivity index (χ1n) is 4.49. The molecule has 0 bridgehead atoms. The second-order valence-electron chi connectivity index (χ2n) is 3.34. The standard InChI is InChI=1S/C9H17F/c10-8-4-2-1-3-5-9-6-7-9/h9H,1-8H2. The second kappa shape index (κ2) is 4.70. The van der Waals surface area contributed by atoms with Gasteiger partial charge in [-0.3, -0.25) is 4.39 Å². The summed E-state index contributed by atoms with van der Waals surface area (Å²) in [4.78, 5) is 0. The molecule has 0 aromatic heterocycles. The Labute approximate surface area is 62.8 Å². The van der Waals surface area contributed by atoms with E-state index in [1.54, 1.807) is 0 Å². The fourth-order valence-corrected chi connectivity index (χ4v) is 1.29. The Morgan fingerprint density at radius 3 is 2.30 bits per heavy atom. The van der Waals surface area contributed by atoms with E-state index in [0.717, 1.165) is 18.8 Å². The zero-order valence-electron chi connectivity index (χ0n) is 6.61. The molecule has 1 rings (SSSR count). The van der Waals surface area contributed by atoms with Crippen molar-refractivity contribution in [1.82, 2.24) is 0 Å². The van der Waals surface area contributed by atoms with Crippen molar-refractivity contribution >= 4 is 0 Å². The Morgan fingerprint density at radius 2 is 1.70 bits per heavy atom. The van der Waals surface area contributed by atoms with Crippen molar-refractivity contribution in [1.29, 1.82) is 0 Å². The Balaban J connectivity index is 1.68. The molecule has 0 unspecified atom stereocenters. The lowest BCUT2D eigenvalue weighted by Gasteiger charge is -1.96. The first kappa shape index (κ1) is 8.03. The molecular weight excluding hydrogens is 127 g/mol. The summed E-state index contributed by atoms with van der Waals surface area (Å²) in [5.74, 6) is 1.06. The van der Waals surface area contributed by atoms with Crippen LogP contribution in [0, 0.1) is 5.92 Å². The van der Waals surface area contributed by atoms with Crippen LogP contribution in [0.4, 0.5) is 4.39 Å². The highest BCUT2D eigenvalue weighted by Crippen LogP contribution is 2.33. The molecule has 0 aromatic rings.